The van der Waals surface area contributed by atoms with E-state index in [9.17, 15) is 18.0 Å². The van der Waals surface area contributed by atoms with Crippen LogP contribution in [0.25, 0.3) is 10.2 Å². The first-order chi connectivity index (χ1) is 10.5. The number of hydrogen-bond donors (Lipinski definition) is 1. The number of hydrogen-bond acceptors (Lipinski definition) is 6. The molecule has 1 amide bonds. The molecule has 0 spiro atoms. The fraction of sp³-hybridized carbons (Fsp3) is 0.462. The number of aromatic nitrogens is 2. The molecule has 1 aliphatic heterocycles. The molecule has 0 radical (unpaired) electrons. The third-order valence-corrected chi connectivity index (χ3v) is 6.29. The molecule has 7 nitrogen and oxygen atoms in total. The maximum absolute atomic E-state index is 12.1. The molecule has 3 rings (SSSR count). The van der Waals surface area contributed by atoms with Crippen molar-refractivity contribution in [2.45, 2.75) is 13.0 Å². The summed E-state index contributed by atoms with van der Waals surface area (Å²) >= 11 is 1.40. The van der Waals surface area contributed by atoms with E-state index in [0.717, 1.165) is 0 Å². The van der Waals surface area contributed by atoms with Gasteiger partial charge in [0.25, 0.3) is 5.56 Å². The van der Waals surface area contributed by atoms with Crippen molar-refractivity contribution >= 4 is 37.3 Å². The highest BCUT2D eigenvalue weighted by Gasteiger charge is 2.32. The average molecular weight is 341 g/mol. The first-order valence-electron chi connectivity index (χ1n) is 6.87. The van der Waals surface area contributed by atoms with Gasteiger partial charge in [-0.3, -0.25) is 14.2 Å². The van der Waals surface area contributed by atoms with Gasteiger partial charge in [-0.1, -0.05) is 0 Å². The summed E-state index contributed by atoms with van der Waals surface area (Å²) in [4.78, 5) is 28.9. The predicted octanol–water partition coefficient (Wildman–Crippen LogP) is 0.00890. The van der Waals surface area contributed by atoms with Gasteiger partial charge in [0.05, 0.1) is 29.1 Å². The Bertz CT molecular complexity index is 869. The monoisotopic (exact) mass is 341 g/mol. The van der Waals surface area contributed by atoms with Crippen LogP contribution in [-0.4, -0.2) is 41.9 Å². The van der Waals surface area contributed by atoms with Crippen molar-refractivity contribution < 1.29 is 13.2 Å². The van der Waals surface area contributed by atoms with Gasteiger partial charge < -0.3 is 5.32 Å². The summed E-state index contributed by atoms with van der Waals surface area (Å²) in [5, 5.41) is 5.07. The van der Waals surface area contributed by atoms with Crippen molar-refractivity contribution in [1.29, 1.82) is 0 Å². The molecular weight excluding hydrogens is 326 g/mol. The lowest BCUT2D eigenvalue weighted by molar-refractivity contribution is -0.124. The molecule has 0 aromatic carbocycles. The molecule has 118 valence electrons. The van der Waals surface area contributed by atoms with E-state index >= 15 is 0 Å². The number of carbonyl (C=O) groups excluding carboxylic acids is 1. The highest BCUT2D eigenvalue weighted by atomic mass is 32.2. The number of thiophene rings is 1. The topological polar surface area (TPSA) is 98.1 Å². The molecule has 0 aliphatic carbocycles. The summed E-state index contributed by atoms with van der Waals surface area (Å²) in [6.45, 7) is 0.579. The van der Waals surface area contributed by atoms with E-state index in [0.29, 0.717) is 23.2 Å². The van der Waals surface area contributed by atoms with Gasteiger partial charge in [0, 0.05) is 13.1 Å². The maximum atomic E-state index is 12.1. The molecule has 0 bridgehead atoms. The molecule has 22 heavy (non-hydrogen) atoms. The van der Waals surface area contributed by atoms with Crippen LogP contribution in [0.1, 0.15) is 6.42 Å². The van der Waals surface area contributed by atoms with Crippen LogP contribution in [0.5, 0.6) is 0 Å². The minimum atomic E-state index is -3.07. The summed E-state index contributed by atoms with van der Waals surface area (Å²) in [7, 11) is -3.07. The van der Waals surface area contributed by atoms with Gasteiger partial charge in [0.1, 0.15) is 4.83 Å². The molecular formula is C13H15N3O4S2. The fourth-order valence-corrected chi connectivity index (χ4v) is 4.96. The number of sulfone groups is 1. The molecule has 1 fully saturated rings. The highest BCUT2D eigenvalue weighted by molar-refractivity contribution is 7.91. The zero-order chi connectivity index (χ0) is 15.7. The molecule has 2 aromatic heterocycles. The van der Waals surface area contributed by atoms with Crippen LogP contribution in [0.15, 0.2) is 22.6 Å². The molecule has 3 heterocycles. The van der Waals surface area contributed by atoms with Gasteiger partial charge in [-0.25, -0.2) is 13.4 Å². The Labute approximate surface area is 130 Å². The third kappa shape index (κ3) is 3.05. The van der Waals surface area contributed by atoms with Gasteiger partial charge in [-0.2, -0.15) is 0 Å². The Morgan fingerprint density at radius 3 is 3.05 bits per heavy atom. The second kappa shape index (κ2) is 5.81. The van der Waals surface area contributed by atoms with Gasteiger partial charge in [-0.15, -0.1) is 11.3 Å². The minimum absolute atomic E-state index is 0.0727. The normalized spacial score (nSPS) is 20.3. The van der Waals surface area contributed by atoms with Crippen LogP contribution in [0.4, 0.5) is 0 Å². The van der Waals surface area contributed by atoms with Crippen molar-refractivity contribution in [3.05, 3.63) is 28.1 Å². The van der Waals surface area contributed by atoms with E-state index in [1.54, 1.807) is 6.07 Å². The molecule has 0 saturated carbocycles. The number of nitrogens with one attached hydrogen (secondary N) is 1. The van der Waals surface area contributed by atoms with Crippen molar-refractivity contribution in [2.75, 3.05) is 18.1 Å². The zero-order valence-corrected chi connectivity index (χ0v) is 13.3. The van der Waals surface area contributed by atoms with Gasteiger partial charge in [0.15, 0.2) is 9.84 Å². The zero-order valence-electron chi connectivity index (χ0n) is 11.7. The van der Waals surface area contributed by atoms with Crippen LogP contribution in [0, 0.1) is 5.92 Å². The molecule has 2 aromatic rings. The summed E-state index contributed by atoms with van der Waals surface area (Å²) in [6.07, 6.45) is 1.84. The number of nitrogens with zero attached hydrogens (tertiary/aromatic N) is 2. The molecule has 9 heteroatoms. The number of fused-ring (bicyclic) bond motifs is 1. The van der Waals surface area contributed by atoms with Crippen molar-refractivity contribution in [2.24, 2.45) is 5.92 Å². The molecule has 1 atom stereocenters. The minimum Gasteiger partial charge on any atom is -0.354 e. The Balaban J connectivity index is 1.59. The van der Waals surface area contributed by atoms with Crippen LogP contribution in [0.2, 0.25) is 0 Å². The summed E-state index contributed by atoms with van der Waals surface area (Å²) < 4.78 is 24.1. The quantitative estimate of drug-likeness (QED) is 0.845. The second-order valence-electron chi connectivity index (χ2n) is 5.27. The Morgan fingerprint density at radius 2 is 2.32 bits per heavy atom. The summed E-state index contributed by atoms with van der Waals surface area (Å²) in [5.74, 6) is -0.747. The largest absolute Gasteiger partial charge is 0.354 e. The van der Waals surface area contributed by atoms with Crippen LogP contribution < -0.4 is 10.9 Å². The van der Waals surface area contributed by atoms with E-state index in [4.69, 9.17) is 0 Å². The standard InChI is InChI=1S/C13H15N3O4S2/c17-11(9-2-6-22(19,20)7-9)14-3-4-16-8-15-12-10(13(16)18)1-5-21-12/h1,5,8-9H,2-4,6-7H2,(H,14,17). The molecule has 1 N–H and O–H groups in total. The second-order valence-corrected chi connectivity index (χ2v) is 8.40. The SMILES string of the molecule is O=C(NCCn1cnc2sccc2c1=O)C1CCS(=O)(=O)C1. The maximum Gasteiger partial charge on any atom is 0.262 e. The number of carbonyl (C=O) groups is 1. The van der Waals surface area contributed by atoms with Gasteiger partial charge >= 0.3 is 0 Å². The Kier molecular flexibility index (Phi) is 4.00. The summed E-state index contributed by atoms with van der Waals surface area (Å²) in [5.41, 5.74) is -0.135. The number of amides is 1. The first kappa shape index (κ1) is 15.2. The van der Waals surface area contributed by atoms with Crippen molar-refractivity contribution in [3.63, 3.8) is 0 Å². The lowest BCUT2D eigenvalue weighted by Crippen LogP contribution is -2.35. The lowest BCUT2D eigenvalue weighted by Gasteiger charge is -2.10. The van der Waals surface area contributed by atoms with Crippen LogP contribution >= 0.6 is 11.3 Å². The van der Waals surface area contributed by atoms with E-state index in [-0.39, 0.29) is 29.5 Å². The van der Waals surface area contributed by atoms with E-state index in [2.05, 4.69) is 10.3 Å². The van der Waals surface area contributed by atoms with E-state index in [1.165, 1.54) is 22.2 Å². The predicted molar refractivity (Wildman–Crippen MR) is 83.7 cm³/mol. The number of rotatable bonds is 4. The Hall–Kier alpha value is -1.74. The smallest absolute Gasteiger partial charge is 0.262 e. The third-order valence-electron chi connectivity index (χ3n) is 3.71. The first-order valence-corrected chi connectivity index (χ1v) is 9.57. The van der Waals surface area contributed by atoms with Crippen molar-refractivity contribution in [1.82, 2.24) is 14.9 Å². The Morgan fingerprint density at radius 1 is 1.50 bits per heavy atom. The van der Waals surface area contributed by atoms with E-state index < -0.39 is 15.8 Å². The van der Waals surface area contributed by atoms with Crippen LogP contribution in [0.3, 0.4) is 0 Å². The molecule has 1 aliphatic rings. The van der Waals surface area contributed by atoms with Crippen molar-refractivity contribution in [3.8, 4) is 0 Å². The average Bonchev–Trinajstić information content (AvgIpc) is 3.07. The van der Waals surface area contributed by atoms with Crippen LogP contribution in [-0.2, 0) is 21.2 Å². The lowest BCUT2D eigenvalue weighted by atomic mass is 10.1. The highest BCUT2D eigenvalue weighted by Crippen LogP contribution is 2.18. The summed E-state index contributed by atoms with van der Waals surface area (Å²) in [6, 6.07) is 1.73. The van der Waals surface area contributed by atoms with Gasteiger partial charge in [-0.05, 0) is 17.9 Å². The fourth-order valence-electron chi connectivity index (χ4n) is 2.50. The van der Waals surface area contributed by atoms with Gasteiger partial charge in [0.2, 0.25) is 5.91 Å². The molecule has 1 unspecified atom stereocenters. The molecule has 1 saturated heterocycles. The van der Waals surface area contributed by atoms with E-state index in [1.807, 2.05) is 5.38 Å².